The van der Waals surface area contributed by atoms with Gasteiger partial charge in [0.15, 0.2) is 0 Å². The van der Waals surface area contributed by atoms with Gasteiger partial charge in [0.1, 0.15) is 5.82 Å². The van der Waals surface area contributed by atoms with Crippen molar-refractivity contribution in [1.82, 2.24) is 15.3 Å². The highest BCUT2D eigenvalue weighted by Crippen LogP contribution is 2.11. The first-order chi connectivity index (χ1) is 12.7. The fourth-order valence-electron chi connectivity index (χ4n) is 2.48. The van der Waals surface area contributed by atoms with Gasteiger partial charge in [-0.15, -0.1) is 0 Å². The highest BCUT2D eigenvalue weighted by Gasteiger charge is 2.08. The van der Waals surface area contributed by atoms with E-state index in [0.29, 0.717) is 30.6 Å². The van der Waals surface area contributed by atoms with Crippen molar-refractivity contribution in [2.24, 2.45) is 0 Å². The summed E-state index contributed by atoms with van der Waals surface area (Å²) in [6.45, 7) is 0.969. The molecule has 2 aromatic heterocycles. The summed E-state index contributed by atoms with van der Waals surface area (Å²) in [4.78, 5) is 20.3. The number of nitrogens with one attached hydrogen (secondary N) is 2. The van der Waals surface area contributed by atoms with Crippen LogP contribution in [0.25, 0.3) is 0 Å². The van der Waals surface area contributed by atoms with Gasteiger partial charge in [-0.3, -0.25) is 14.8 Å². The quantitative estimate of drug-likeness (QED) is 0.687. The van der Waals surface area contributed by atoms with Crippen molar-refractivity contribution >= 4 is 11.6 Å². The van der Waals surface area contributed by atoms with E-state index in [1.807, 2.05) is 12.1 Å². The van der Waals surface area contributed by atoms with Crippen molar-refractivity contribution in [1.29, 1.82) is 0 Å². The van der Waals surface area contributed by atoms with Gasteiger partial charge in [-0.05, 0) is 41.8 Å². The van der Waals surface area contributed by atoms with E-state index in [2.05, 4.69) is 20.6 Å². The van der Waals surface area contributed by atoms with Crippen LogP contribution in [0.15, 0.2) is 67.3 Å². The zero-order valence-corrected chi connectivity index (χ0v) is 14.2. The lowest BCUT2D eigenvalue weighted by Gasteiger charge is -2.09. The Kier molecular flexibility index (Phi) is 5.88. The molecule has 0 fully saturated rings. The van der Waals surface area contributed by atoms with Crippen LogP contribution < -0.4 is 10.6 Å². The van der Waals surface area contributed by atoms with Crippen LogP contribution >= 0.6 is 0 Å². The Bertz CT molecular complexity index is 870. The van der Waals surface area contributed by atoms with Crippen LogP contribution in [0.3, 0.4) is 0 Å². The summed E-state index contributed by atoms with van der Waals surface area (Å²) in [5.74, 6) is -0.493. The molecule has 0 atom stereocenters. The van der Waals surface area contributed by atoms with Crippen molar-refractivity contribution in [3.63, 3.8) is 0 Å². The Morgan fingerprint density at radius 3 is 2.65 bits per heavy atom. The molecule has 0 aliphatic rings. The molecule has 2 heterocycles. The number of aromatic nitrogens is 2. The average Bonchev–Trinajstić information content (AvgIpc) is 2.69. The molecular weight excluding hydrogens is 331 g/mol. The molecule has 1 amide bonds. The summed E-state index contributed by atoms with van der Waals surface area (Å²) < 4.78 is 13.6. The molecule has 26 heavy (non-hydrogen) atoms. The van der Waals surface area contributed by atoms with Crippen molar-refractivity contribution in [3.05, 3.63) is 89.8 Å². The summed E-state index contributed by atoms with van der Waals surface area (Å²) in [6, 6.07) is 12.1. The van der Waals surface area contributed by atoms with Gasteiger partial charge in [0.05, 0.1) is 11.3 Å². The summed E-state index contributed by atoms with van der Waals surface area (Å²) >= 11 is 0. The number of carbonyl (C=O) groups excluding carboxylic acids is 1. The SMILES string of the molecule is O=C(NCCc1ccccc1F)c1cncc(NCc2ccncc2)c1. The van der Waals surface area contributed by atoms with E-state index in [1.165, 1.54) is 12.3 Å². The van der Waals surface area contributed by atoms with E-state index in [-0.39, 0.29) is 11.7 Å². The van der Waals surface area contributed by atoms with Crippen molar-refractivity contribution in [2.75, 3.05) is 11.9 Å². The van der Waals surface area contributed by atoms with Crippen LogP contribution in [0, 0.1) is 5.82 Å². The van der Waals surface area contributed by atoms with Crippen LogP contribution in [0.4, 0.5) is 10.1 Å². The third kappa shape index (κ3) is 4.86. The number of anilines is 1. The van der Waals surface area contributed by atoms with Gasteiger partial charge in [-0.1, -0.05) is 18.2 Å². The van der Waals surface area contributed by atoms with Crippen molar-refractivity contribution in [3.8, 4) is 0 Å². The lowest BCUT2D eigenvalue weighted by molar-refractivity contribution is 0.0953. The van der Waals surface area contributed by atoms with E-state index in [9.17, 15) is 9.18 Å². The highest BCUT2D eigenvalue weighted by molar-refractivity contribution is 5.94. The van der Waals surface area contributed by atoms with Gasteiger partial charge in [0, 0.05) is 37.9 Å². The molecule has 1 aromatic carbocycles. The fraction of sp³-hybridized carbons (Fsp3) is 0.150. The standard InChI is InChI=1S/C20H19FN4O/c21-19-4-2-1-3-16(19)7-10-24-20(26)17-11-18(14-23-13-17)25-12-15-5-8-22-9-6-15/h1-6,8-9,11,13-14,25H,7,10,12H2,(H,24,26). The first kappa shape index (κ1) is 17.5. The maximum atomic E-state index is 13.6. The molecule has 0 saturated heterocycles. The predicted octanol–water partition coefficient (Wildman–Crippen LogP) is 3.20. The smallest absolute Gasteiger partial charge is 0.252 e. The number of nitrogens with zero attached hydrogens (tertiary/aromatic N) is 2. The van der Waals surface area contributed by atoms with Crippen molar-refractivity contribution < 1.29 is 9.18 Å². The van der Waals surface area contributed by atoms with Crippen LogP contribution in [0.1, 0.15) is 21.5 Å². The van der Waals surface area contributed by atoms with Crippen LogP contribution in [0.2, 0.25) is 0 Å². The lowest BCUT2D eigenvalue weighted by Crippen LogP contribution is -2.26. The second-order valence-electron chi connectivity index (χ2n) is 5.77. The normalized spacial score (nSPS) is 10.3. The first-order valence-corrected chi connectivity index (χ1v) is 8.32. The lowest BCUT2D eigenvalue weighted by atomic mass is 10.1. The van der Waals surface area contributed by atoms with E-state index in [0.717, 1.165) is 11.3 Å². The second-order valence-corrected chi connectivity index (χ2v) is 5.77. The Morgan fingerprint density at radius 2 is 1.85 bits per heavy atom. The average molecular weight is 350 g/mol. The molecule has 0 unspecified atom stereocenters. The molecule has 3 rings (SSSR count). The minimum atomic E-state index is -0.259. The number of rotatable bonds is 7. The number of amides is 1. The molecular formula is C20H19FN4O. The molecule has 0 aliphatic carbocycles. The second kappa shape index (κ2) is 8.71. The summed E-state index contributed by atoms with van der Waals surface area (Å²) in [7, 11) is 0. The fourth-order valence-corrected chi connectivity index (χ4v) is 2.48. The number of pyridine rings is 2. The Hall–Kier alpha value is -3.28. The maximum absolute atomic E-state index is 13.6. The third-order valence-corrected chi connectivity index (χ3v) is 3.88. The summed E-state index contributed by atoms with van der Waals surface area (Å²) in [6.07, 6.45) is 7.07. The number of benzene rings is 1. The van der Waals surface area contributed by atoms with Crippen LogP contribution in [-0.2, 0) is 13.0 Å². The van der Waals surface area contributed by atoms with Gasteiger partial charge in [0.25, 0.3) is 5.91 Å². The molecule has 132 valence electrons. The molecule has 0 bridgehead atoms. The Balaban J connectivity index is 1.53. The summed E-state index contributed by atoms with van der Waals surface area (Å²) in [5.41, 5.74) is 2.88. The van der Waals surface area contributed by atoms with Gasteiger partial charge < -0.3 is 10.6 Å². The first-order valence-electron chi connectivity index (χ1n) is 8.32. The number of halogens is 1. The monoisotopic (exact) mass is 350 g/mol. The zero-order valence-electron chi connectivity index (χ0n) is 14.2. The third-order valence-electron chi connectivity index (χ3n) is 3.88. The molecule has 0 aliphatic heterocycles. The molecule has 6 heteroatoms. The summed E-state index contributed by atoms with van der Waals surface area (Å²) in [5, 5.41) is 6.02. The molecule has 3 aromatic rings. The molecule has 0 spiro atoms. The predicted molar refractivity (Wildman–Crippen MR) is 98.2 cm³/mol. The van der Waals surface area contributed by atoms with Crippen LogP contribution in [-0.4, -0.2) is 22.4 Å². The minimum absolute atomic E-state index is 0.235. The van der Waals surface area contributed by atoms with E-state index in [4.69, 9.17) is 0 Å². The van der Waals surface area contributed by atoms with Gasteiger partial charge in [0.2, 0.25) is 0 Å². The van der Waals surface area contributed by atoms with Crippen molar-refractivity contribution in [2.45, 2.75) is 13.0 Å². The van der Waals surface area contributed by atoms with Gasteiger partial charge in [-0.25, -0.2) is 4.39 Å². The zero-order chi connectivity index (χ0) is 18.2. The largest absolute Gasteiger partial charge is 0.380 e. The number of carbonyl (C=O) groups is 1. The van der Waals surface area contributed by atoms with Gasteiger partial charge in [-0.2, -0.15) is 0 Å². The van der Waals surface area contributed by atoms with E-state index < -0.39 is 0 Å². The number of hydrogen-bond acceptors (Lipinski definition) is 4. The Labute approximate surface area is 151 Å². The Morgan fingerprint density at radius 1 is 1.04 bits per heavy atom. The van der Waals surface area contributed by atoms with E-state index in [1.54, 1.807) is 42.9 Å². The minimum Gasteiger partial charge on any atom is -0.380 e. The molecule has 2 N–H and O–H groups in total. The number of hydrogen-bond donors (Lipinski definition) is 2. The molecule has 0 radical (unpaired) electrons. The van der Waals surface area contributed by atoms with E-state index >= 15 is 0 Å². The topological polar surface area (TPSA) is 66.9 Å². The molecule has 0 saturated carbocycles. The molecule has 5 nitrogen and oxygen atoms in total. The van der Waals surface area contributed by atoms with Gasteiger partial charge >= 0.3 is 0 Å². The maximum Gasteiger partial charge on any atom is 0.252 e. The van der Waals surface area contributed by atoms with Crippen LogP contribution in [0.5, 0.6) is 0 Å². The highest BCUT2D eigenvalue weighted by atomic mass is 19.1.